The first-order valence-corrected chi connectivity index (χ1v) is 9.39. The molecule has 5 nitrogen and oxygen atoms in total. The van der Waals surface area contributed by atoms with Crippen molar-refractivity contribution in [1.29, 1.82) is 0 Å². The van der Waals surface area contributed by atoms with E-state index in [0.717, 1.165) is 18.4 Å². The lowest BCUT2D eigenvalue weighted by atomic mass is 9.85. The average Bonchev–Trinajstić information content (AvgIpc) is 3.49. The molecule has 4 N–H and O–H groups in total. The van der Waals surface area contributed by atoms with Crippen molar-refractivity contribution in [2.75, 3.05) is 5.32 Å². The zero-order chi connectivity index (χ0) is 21.5. The molecule has 0 aromatic heterocycles. The first-order valence-electron chi connectivity index (χ1n) is 9.39. The van der Waals surface area contributed by atoms with Crippen molar-refractivity contribution >= 4 is 17.6 Å². The molecular weight excluding hydrogens is 395 g/mol. The third kappa shape index (κ3) is 3.71. The topological polar surface area (TPSA) is 84.2 Å². The molecular formula is C22H18F3N3O2. The van der Waals surface area contributed by atoms with Crippen molar-refractivity contribution in [1.82, 2.24) is 5.32 Å². The van der Waals surface area contributed by atoms with Gasteiger partial charge in [-0.2, -0.15) is 13.2 Å². The van der Waals surface area contributed by atoms with Gasteiger partial charge < -0.3 is 16.4 Å². The minimum atomic E-state index is -4.78. The summed E-state index contributed by atoms with van der Waals surface area (Å²) in [6, 6.07) is 10.1. The van der Waals surface area contributed by atoms with Gasteiger partial charge in [0.25, 0.3) is 0 Å². The summed E-state index contributed by atoms with van der Waals surface area (Å²) < 4.78 is 42.3. The van der Waals surface area contributed by atoms with Crippen molar-refractivity contribution in [3.8, 4) is 11.8 Å². The van der Waals surface area contributed by atoms with Crippen LogP contribution < -0.4 is 16.4 Å². The lowest BCUT2D eigenvalue weighted by molar-refractivity contribution is -0.178. The van der Waals surface area contributed by atoms with Gasteiger partial charge in [-0.25, -0.2) is 4.79 Å². The highest BCUT2D eigenvalue weighted by atomic mass is 19.4. The van der Waals surface area contributed by atoms with Gasteiger partial charge in [0, 0.05) is 22.7 Å². The summed E-state index contributed by atoms with van der Waals surface area (Å²) in [5.74, 6) is 4.38. The Bertz CT molecular complexity index is 1080. The first kappa shape index (κ1) is 19.8. The average molecular weight is 413 g/mol. The number of hydrogen-bond acceptors (Lipinski definition) is 2. The molecule has 2 aromatic rings. The largest absolute Gasteiger partial charge is 0.427 e. The molecule has 1 heterocycles. The van der Waals surface area contributed by atoms with E-state index in [9.17, 15) is 22.8 Å². The maximum atomic E-state index is 14.1. The second-order valence-corrected chi connectivity index (χ2v) is 7.49. The van der Waals surface area contributed by atoms with Crippen LogP contribution in [0, 0.1) is 17.8 Å². The number of alkyl halides is 3. The summed E-state index contributed by atoms with van der Waals surface area (Å²) in [7, 11) is 0. The highest BCUT2D eigenvalue weighted by Crippen LogP contribution is 2.44. The molecule has 2 aromatic carbocycles. The highest BCUT2D eigenvalue weighted by Gasteiger charge is 2.59. The smallest absolute Gasteiger partial charge is 0.366 e. The number of anilines is 1. The quantitative estimate of drug-likeness (QED) is 0.671. The normalized spacial score (nSPS) is 20.3. The number of benzene rings is 2. The molecule has 1 unspecified atom stereocenters. The fourth-order valence-electron chi connectivity index (χ4n) is 3.38. The Morgan fingerprint density at radius 3 is 2.40 bits per heavy atom. The molecule has 1 aliphatic heterocycles. The highest BCUT2D eigenvalue weighted by molar-refractivity contribution is 5.95. The van der Waals surface area contributed by atoms with Crippen LogP contribution in [-0.4, -0.2) is 18.1 Å². The van der Waals surface area contributed by atoms with E-state index in [4.69, 9.17) is 5.73 Å². The van der Waals surface area contributed by atoms with Crippen LogP contribution in [-0.2, 0) is 12.0 Å². The molecule has 8 heteroatoms. The van der Waals surface area contributed by atoms with Crippen LogP contribution in [0.4, 0.5) is 23.7 Å². The lowest BCUT2D eigenvalue weighted by Gasteiger charge is -2.37. The van der Waals surface area contributed by atoms with E-state index in [1.165, 1.54) is 12.1 Å². The second-order valence-electron chi connectivity index (χ2n) is 7.49. The van der Waals surface area contributed by atoms with Gasteiger partial charge in [-0.05, 0) is 48.6 Å². The molecule has 1 saturated carbocycles. The molecule has 3 amide bonds. The fraction of sp³-hybridized carbons (Fsp3) is 0.273. The van der Waals surface area contributed by atoms with Gasteiger partial charge in [0.05, 0.1) is 0 Å². The third-order valence-corrected chi connectivity index (χ3v) is 5.15. The van der Waals surface area contributed by atoms with Crippen LogP contribution in [0.3, 0.4) is 0 Å². The van der Waals surface area contributed by atoms with Gasteiger partial charge in [-0.3, -0.25) is 4.79 Å². The van der Waals surface area contributed by atoms with E-state index in [2.05, 4.69) is 17.2 Å². The van der Waals surface area contributed by atoms with Crippen molar-refractivity contribution in [2.24, 2.45) is 11.7 Å². The van der Waals surface area contributed by atoms with Gasteiger partial charge >= 0.3 is 12.2 Å². The van der Waals surface area contributed by atoms with Gasteiger partial charge in [-0.15, -0.1) is 0 Å². The Hall–Kier alpha value is -3.47. The van der Waals surface area contributed by atoms with Crippen LogP contribution in [0.1, 0.15) is 39.9 Å². The number of carbonyl (C=O) groups is 2. The Morgan fingerprint density at radius 1 is 1.13 bits per heavy atom. The number of amides is 3. The number of carbonyl (C=O) groups excluding carboxylic acids is 2. The Balaban J connectivity index is 1.70. The minimum absolute atomic E-state index is 0.0536. The molecule has 0 saturated heterocycles. The Morgan fingerprint density at radius 2 is 1.80 bits per heavy atom. The predicted octanol–water partition coefficient (Wildman–Crippen LogP) is 3.68. The van der Waals surface area contributed by atoms with E-state index in [0.29, 0.717) is 17.5 Å². The van der Waals surface area contributed by atoms with Crippen LogP contribution in [0.25, 0.3) is 0 Å². The van der Waals surface area contributed by atoms with Crippen LogP contribution in [0.15, 0.2) is 42.5 Å². The molecule has 154 valence electrons. The molecule has 4 rings (SSSR count). The first-order chi connectivity index (χ1) is 14.2. The van der Waals surface area contributed by atoms with Gasteiger partial charge in [-0.1, -0.05) is 36.1 Å². The zero-order valence-corrected chi connectivity index (χ0v) is 15.8. The van der Waals surface area contributed by atoms with E-state index in [-0.39, 0.29) is 17.2 Å². The number of nitrogens with one attached hydrogen (secondary N) is 2. The van der Waals surface area contributed by atoms with E-state index >= 15 is 0 Å². The Labute approximate surface area is 170 Å². The van der Waals surface area contributed by atoms with Crippen molar-refractivity contribution < 1.29 is 22.8 Å². The zero-order valence-electron chi connectivity index (χ0n) is 15.8. The molecule has 2 aliphatic rings. The lowest BCUT2D eigenvalue weighted by Crippen LogP contribution is -2.59. The number of hydrogen-bond donors (Lipinski definition) is 3. The van der Waals surface area contributed by atoms with Crippen LogP contribution in [0.2, 0.25) is 0 Å². The van der Waals surface area contributed by atoms with Crippen LogP contribution >= 0.6 is 0 Å². The molecule has 1 atom stereocenters. The second kappa shape index (κ2) is 7.10. The van der Waals surface area contributed by atoms with Crippen molar-refractivity contribution in [3.05, 3.63) is 64.7 Å². The fourth-order valence-corrected chi connectivity index (χ4v) is 3.38. The third-order valence-electron chi connectivity index (χ3n) is 5.15. The van der Waals surface area contributed by atoms with Crippen molar-refractivity contribution in [3.63, 3.8) is 0 Å². The SMILES string of the molecule is NC(=O)c1ccc(Cc2ccc3c(c2)NC(=O)NC3(C#CC2CC2)C(F)(F)F)cc1. The molecule has 1 aliphatic carbocycles. The summed E-state index contributed by atoms with van der Waals surface area (Å²) in [5, 5.41) is 4.46. The number of urea groups is 1. The maximum absolute atomic E-state index is 14.1. The molecule has 1 fully saturated rings. The standard InChI is InChI=1S/C22H18F3N3O2/c23-22(24,25)21(10-9-13-1-2-13)17-8-5-15(12-18(17)27-20(30)28-21)11-14-3-6-16(7-4-14)19(26)29/h3-8,12-13H,1-2,11H2,(H2,26,29)(H2,27,28,30). The summed E-state index contributed by atoms with van der Waals surface area (Å²) >= 11 is 0. The molecule has 0 radical (unpaired) electrons. The number of rotatable bonds is 3. The maximum Gasteiger partial charge on any atom is 0.427 e. The molecule has 0 spiro atoms. The van der Waals surface area contributed by atoms with E-state index in [1.54, 1.807) is 30.3 Å². The van der Waals surface area contributed by atoms with Crippen LogP contribution in [0.5, 0.6) is 0 Å². The van der Waals surface area contributed by atoms with Gasteiger partial charge in [0.2, 0.25) is 11.4 Å². The monoisotopic (exact) mass is 413 g/mol. The molecule has 0 bridgehead atoms. The Kier molecular flexibility index (Phi) is 4.69. The van der Waals surface area contributed by atoms with Crippen molar-refractivity contribution in [2.45, 2.75) is 31.0 Å². The predicted molar refractivity (Wildman–Crippen MR) is 105 cm³/mol. The molecule has 30 heavy (non-hydrogen) atoms. The number of fused-ring (bicyclic) bond motifs is 1. The summed E-state index contributed by atoms with van der Waals surface area (Å²) in [5.41, 5.74) is 4.34. The van der Waals surface area contributed by atoms with Gasteiger partial charge in [0.15, 0.2) is 0 Å². The number of primary amides is 1. The van der Waals surface area contributed by atoms with E-state index in [1.807, 2.05) is 5.32 Å². The summed E-state index contributed by atoms with van der Waals surface area (Å²) in [6.07, 6.45) is -2.84. The number of nitrogens with two attached hydrogens (primary N) is 1. The minimum Gasteiger partial charge on any atom is -0.366 e. The summed E-state index contributed by atoms with van der Waals surface area (Å²) in [6.45, 7) is 0. The van der Waals surface area contributed by atoms with E-state index < -0.39 is 23.7 Å². The van der Waals surface area contributed by atoms with Gasteiger partial charge in [0.1, 0.15) is 0 Å². The summed E-state index contributed by atoms with van der Waals surface area (Å²) in [4.78, 5) is 23.3. The number of halogens is 3.